The van der Waals surface area contributed by atoms with Gasteiger partial charge in [-0.05, 0) is 35.9 Å². The van der Waals surface area contributed by atoms with Crippen LogP contribution in [0.1, 0.15) is 0 Å². The van der Waals surface area contributed by atoms with Crippen molar-refractivity contribution in [1.82, 2.24) is 0 Å². The molecule has 0 aliphatic heterocycles. The molecular formula is C13H11O2. The number of ether oxygens (including phenoxy) is 1. The SMILES string of the molecule is COc1cc[c]cc1-c1ccc(O)cc1. The molecule has 0 aliphatic carbocycles. The molecule has 0 saturated heterocycles. The topological polar surface area (TPSA) is 29.5 Å². The molecule has 2 aromatic carbocycles. The number of phenols is 1. The summed E-state index contributed by atoms with van der Waals surface area (Å²) < 4.78 is 5.25. The highest BCUT2D eigenvalue weighted by Gasteiger charge is 2.03. The van der Waals surface area contributed by atoms with Gasteiger partial charge in [0.25, 0.3) is 0 Å². The van der Waals surface area contributed by atoms with Crippen molar-refractivity contribution in [1.29, 1.82) is 0 Å². The summed E-state index contributed by atoms with van der Waals surface area (Å²) in [5.74, 6) is 1.07. The van der Waals surface area contributed by atoms with E-state index < -0.39 is 0 Å². The molecule has 1 N–H and O–H groups in total. The van der Waals surface area contributed by atoms with Crippen LogP contribution in [0.15, 0.2) is 42.5 Å². The van der Waals surface area contributed by atoms with Crippen molar-refractivity contribution in [3.63, 3.8) is 0 Å². The Morgan fingerprint density at radius 1 is 1.13 bits per heavy atom. The number of methoxy groups -OCH3 is 1. The zero-order valence-corrected chi connectivity index (χ0v) is 8.40. The Balaban J connectivity index is 2.49. The molecule has 2 nitrogen and oxygen atoms in total. The van der Waals surface area contributed by atoms with Crippen LogP contribution in [0.2, 0.25) is 0 Å². The lowest BCUT2D eigenvalue weighted by molar-refractivity contribution is 0.416. The van der Waals surface area contributed by atoms with Crippen molar-refractivity contribution in [3.05, 3.63) is 48.5 Å². The molecule has 0 aromatic heterocycles. The summed E-state index contributed by atoms with van der Waals surface area (Å²) in [6.07, 6.45) is 0. The van der Waals surface area contributed by atoms with E-state index in [0.29, 0.717) is 0 Å². The van der Waals surface area contributed by atoms with Crippen LogP contribution in [0.5, 0.6) is 11.5 Å². The number of aromatic hydroxyl groups is 1. The van der Waals surface area contributed by atoms with Crippen LogP contribution in [0, 0.1) is 6.07 Å². The minimum atomic E-state index is 0.262. The first-order valence-electron chi connectivity index (χ1n) is 4.65. The lowest BCUT2D eigenvalue weighted by Crippen LogP contribution is -1.86. The van der Waals surface area contributed by atoms with Crippen LogP contribution in [-0.4, -0.2) is 12.2 Å². The van der Waals surface area contributed by atoms with Crippen LogP contribution in [0.4, 0.5) is 0 Å². The van der Waals surface area contributed by atoms with E-state index in [0.717, 1.165) is 16.9 Å². The van der Waals surface area contributed by atoms with Gasteiger partial charge in [0.1, 0.15) is 11.5 Å². The number of phenolic OH excluding ortho intramolecular Hbond substituents is 1. The zero-order chi connectivity index (χ0) is 10.7. The van der Waals surface area contributed by atoms with E-state index in [1.165, 1.54) is 0 Å². The van der Waals surface area contributed by atoms with E-state index in [2.05, 4.69) is 6.07 Å². The molecule has 0 amide bonds. The summed E-state index contributed by atoms with van der Waals surface area (Å²) in [5, 5.41) is 9.19. The Morgan fingerprint density at radius 3 is 2.53 bits per heavy atom. The van der Waals surface area contributed by atoms with Crippen LogP contribution in [-0.2, 0) is 0 Å². The third kappa shape index (κ3) is 1.94. The number of benzene rings is 2. The molecular weight excluding hydrogens is 188 g/mol. The number of rotatable bonds is 2. The first kappa shape index (κ1) is 9.59. The third-order valence-corrected chi connectivity index (χ3v) is 2.22. The smallest absolute Gasteiger partial charge is 0.126 e. The Hall–Kier alpha value is -1.96. The second kappa shape index (κ2) is 4.05. The molecule has 2 aromatic rings. The predicted octanol–water partition coefficient (Wildman–Crippen LogP) is 2.87. The molecule has 0 aliphatic rings. The van der Waals surface area contributed by atoms with E-state index in [1.54, 1.807) is 19.2 Å². The molecule has 0 heterocycles. The Bertz CT molecular complexity index is 446. The summed E-state index contributed by atoms with van der Waals surface area (Å²) in [5.41, 5.74) is 1.97. The van der Waals surface area contributed by atoms with Gasteiger partial charge >= 0.3 is 0 Å². The van der Waals surface area contributed by atoms with Crippen molar-refractivity contribution in [2.45, 2.75) is 0 Å². The molecule has 15 heavy (non-hydrogen) atoms. The highest BCUT2D eigenvalue weighted by Crippen LogP contribution is 2.29. The molecule has 2 rings (SSSR count). The monoisotopic (exact) mass is 199 g/mol. The average molecular weight is 199 g/mol. The first-order chi connectivity index (χ1) is 7.31. The minimum Gasteiger partial charge on any atom is -0.508 e. The van der Waals surface area contributed by atoms with Gasteiger partial charge in [-0.25, -0.2) is 0 Å². The number of hydrogen-bond acceptors (Lipinski definition) is 2. The van der Waals surface area contributed by atoms with Crippen LogP contribution < -0.4 is 4.74 Å². The van der Waals surface area contributed by atoms with E-state index in [9.17, 15) is 5.11 Å². The summed E-state index contributed by atoms with van der Waals surface area (Å²) >= 11 is 0. The highest BCUT2D eigenvalue weighted by molar-refractivity contribution is 5.70. The highest BCUT2D eigenvalue weighted by atomic mass is 16.5. The van der Waals surface area contributed by atoms with Gasteiger partial charge in [-0.2, -0.15) is 0 Å². The van der Waals surface area contributed by atoms with Gasteiger partial charge in [-0.1, -0.05) is 18.2 Å². The average Bonchev–Trinajstić information content (AvgIpc) is 2.30. The molecule has 2 heteroatoms. The van der Waals surface area contributed by atoms with E-state index in [1.807, 2.05) is 30.3 Å². The van der Waals surface area contributed by atoms with Gasteiger partial charge in [-0.3, -0.25) is 0 Å². The molecule has 0 fully saturated rings. The molecule has 1 radical (unpaired) electrons. The maximum atomic E-state index is 9.19. The summed E-state index contributed by atoms with van der Waals surface area (Å²) in [6.45, 7) is 0. The van der Waals surface area contributed by atoms with Crippen molar-refractivity contribution in [2.75, 3.05) is 7.11 Å². The maximum absolute atomic E-state index is 9.19. The fourth-order valence-corrected chi connectivity index (χ4v) is 1.46. The Labute approximate surface area is 88.8 Å². The standard InChI is InChI=1S/C13H11O2/c1-15-13-5-3-2-4-12(13)10-6-8-11(14)9-7-10/h3-9,14H,1H3. The minimum absolute atomic E-state index is 0.262. The molecule has 0 atom stereocenters. The van der Waals surface area contributed by atoms with Crippen molar-refractivity contribution in [2.24, 2.45) is 0 Å². The van der Waals surface area contributed by atoms with Gasteiger partial charge in [0, 0.05) is 5.56 Å². The molecule has 0 unspecified atom stereocenters. The first-order valence-corrected chi connectivity index (χ1v) is 4.65. The molecule has 0 spiro atoms. The number of hydrogen-bond donors (Lipinski definition) is 1. The van der Waals surface area contributed by atoms with Crippen molar-refractivity contribution >= 4 is 0 Å². The third-order valence-electron chi connectivity index (χ3n) is 2.22. The predicted molar refractivity (Wildman–Crippen MR) is 58.9 cm³/mol. The van der Waals surface area contributed by atoms with E-state index in [4.69, 9.17) is 4.74 Å². The maximum Gasteiger partial charge on any atom is 0.126 e. The molecule has 0 saturated carbocycles. The lowest BCUT2D eigenvalue weighted by Gasteiger charge is -2.07. The van der Waals surface area contributed by atoms with Crippen molar-refractivity contribution in [3.8, 4) is 22.6 Å². The quantitative estimate of drug-likeness (QED) is 0.805. The summed E-state index contributed by atoms with van der Waals surface area (Å²) in [4.78, 5) is 0. The largest absolute Gasteiger partial charge is 0.508 e. The second-order valence-electron chi connectivity index (χ2n) is 3.17. The van der Waals surface area contributed by atoms with Crippen molar-refractivity contribution < 1.29 is 9.84 Å². The van der Waals surface area contributed by atoms with Crippen LogP contribution >= 0.6 is 0 Å². The van der Waals surface area contributed by atoms with Gasteiger partial charge in [0.05, 0.1) is 7.11 Å². The second-order valence-corrected chi connectivity index (χ2v) is 3.17. The Kier molecular flexibility index (Phi) is 2.59. The Morgan fingerprint density at radius 2 is 1.87 bits per heavy atom. The fourth-order valence-electron chi connectivity index (χ4n) is 1.46. The van der Waals surface area contributed by atoms with Gasteiger partial charge < -0.3 is 9.84 Å². The summed E-state index contributed by atoms with van der Waals surface area (Å²) in [7, 11) is 1.64. The van der Waals surface area contributed by atoms with E-state index >= 15 is 0 Å². The lowest BCUT2D eigenvalue weighted by atomic mass is 10.0. The molecule has 0 bridgehead atoms. The fraction of sp³-hybridized carbons (Fsp3) is 0.0769. The normalized spacial score (nSPS) is 9.93. The summed E-state index contributed by atoms with van der Waals surface area (Å²) in [6, 6.07) is 15.5. The van der Waals surface area contributed by atoms with Gasteiger partial charge in [-0.15, -0.1) is 0 Å². The molecule has 75 valence electrons. The zero-order valence-electron chi connectivity index (χ0n) is 8.40. The van der Waals surface area contributed by atoms with E-state index in [-0.39, 0.29) is 5.75 Å². The van der Waals surface area contributed by atoms with Crippen LogP contribution in [0.3, 0.4) is 0 Å². The van der Waals surface area contributed by atoms with Gasteiger partial charge in [0.2, 0.25) is 0 Å². The van der Waals surface area contributed by atoms with Gasteiger partial charge in [0.15, 0.2) is 0 Å². The van der Waals surface area contributed by atoms with Crippen LogP contribution in [0.25, 0.3) is 11.1 Å².